The summed E-state index contributed by atoms with van der Waals surface area (Å²) >= 11 is 0. The van der Waals surface area contributed by atoms with Crippen LogP contribution in [0.3, 0.4) is 0 Å². The Labute approximate surface area is 91.6 Å². The molecule has 1 aromatic heterocycles. The van der Waals surface area contributed by atoms with E-state index in [1.54, 1.807) is 6.07 Å². The van der Waals surface area contributed by atoms with Crippen LogP contribution in [0.1, 0.15) is 17.0 Å². The Morgan fingerprint density at radius 1 is 1.50 bits per heavy atom. The highest BCUT2D eigenvalue weighted by Crippen LogP contribution is 2.25. The third kappa shape index (κ3) is 1.86. The fourth-order valence-electron chi connectivity index (χ4n) is 1.81. The molecule has 0 radical (unpaired) electrons. The van der Waals surface area contributed by atoms with Gasteiger partial charge >= 0.3 is 5.97 Å². The van der Waals surface area contributed by atoms with Crippen LogP contribution in [0.5, 0.6) is 0 Å². The minimum Gasteiger partial charge on any atom is -0.475 e. The minimum atomic E-state index is -1.10. The summed E-state index contributed by atoms with van der Waals surface area (Å²) in [7, 11) is 0. The smallest absolute Gasteiger partial charge is 0.371 e. The molecule has 1 unspecified atom stereocenters. The van der Waals surface area contributed by atoms with Crippen molar-refractivity contribution in [1.82, 2.24) is 0 Å². The Hall–Kier alpha value is -1.98. The highest BCUT2D eigenvalue weighted by molar-refractivity contribution is 5.85. The van der Waals surface area contributed by atoms with Crippen molar-refractivity contribution in [3.8, 4) is 0 Å². The first-order valence-corrected chi connectivity index (χ1v) is 4.95. The zero-order valence-corrected chi connectivity index (χ0v) is 8.55. The number of rotatable bonds is 3. The fraction of sp³-hybridized carbons (Fsp3) is 0.400. The zero-order valence-electron chi connectivity index (χ0n) is 8.55. The van der Waals surface area contributed by atoms with Crippen LogP contribution in [0, 0.1) is 5.92 Å². The average Bonchev–Trinajstić information content (AvgIpc) is 2.86. The van der Waals surface area contributed by atoms with Gasteiger partial charge in [-0.25, -0.2) is 4.79 Å². The van der Waals surface area contributed by atoms with E-state index in [1.165, 1.54) is 6.07 Å². The number of nitrogens with zero attached hydrogens (tertiary/aromatic N) is 1. The molecule has 6 nitrogen and oxygen atoms in total. The second-order valence-electron chi connectivity index (χ2n) is 3.78. The molecular weight excluding hydrogens is 212 g/mol. The van der Waals surface area contributed by atoms with Gasteiger partial charge in [-0.3, -0.25) is 4.79 Å². The van der Waals surface area contributed by atoms with Crippen molar-refractivity contribution >= 4 is 17.8 Å². The topological polar surface area (TPSA) is 96.8 Å². The van der Waals surface area contributed by atoms with E-state index in [4.69, 9.17) is 15.3 Å². The fourth-order valence-corrected chi connectivity index (χ4v) is 1.81. The molecule has 0 saturated carbocycles. The largest absolute Gasteiger partial charge is 0.475 e. The summed E-state index contributed by atoms with van der Waals surface area (Å²) in [6, 6.07) is 2.99. The summed E-state index contributed by atoms with van der Waals surface area (Å²) in [5, 5.41) is 8.69. The number of carbonyl (C=O) groups is 2. The van der Waals surface area contributed by atoms with Gasteiger partial charge < -0.3 is 20.2 Å². The van der Waals surface area contributed by atoms with Gasteiger partial charge in [-0.15, -0.1) is 0 Å². The van der Waals surface area contributed by atoms with Crippen LogP contribution in [0.15, 0.2) is 16.5 Å². The quantitative estimate of drug-likeness (QED) is 0.769. The number of carboxylic acid groups (broad SMARTS) is 1. The molecule has 0 aromatic carbocycles. The second-order valence-corrected chi connectivity index (χ2v) is 3.78. The van der Waals surface area contributed by atoms with Gasteiger partial charge in [-0.2, -0.15) is 0 Å². The van der Waals surface area contributed by atoms with Gasteiger partial charge in [0.15, 0.2) is 5.88 Å². The molecule has 6 heteroatoms. The molecule has 1 saturated heterocycles. The van der Waals surface area contributed by atoms with Crippen LogP contribution >= 0.6 is 0 Å². The Balaban J connectivity index is 2.08. The van der Waals surface area contributed by atoms with E-state index >= 15 is 0 Å². The number of amides is 1. The summed E-state index contributed by atoms with van der Waals surface area (Å²) < 4.78 is 5.13. The Kier molecular flexibility index (Phi) is 2.55. The van der Waals surface area contributed by atoms with E-state index < -0.39 is 5.97 Å². The lowest BCUT2D eigenvalue weighted by atomic mass is 10.1. The number of anilines is 1. The molecule has 3 N–H and O–H groups in total. The number of hydrogen-bond acceptors (Lipinski definition) is 4. The van der Waals surface area contributed by atoms with Crippen LogP contribution in [-0.4, -0.2) is 30.1 Å². The number of carboxylic acids is 1. The molecular formula is C10H12N2O4. The maximum Gasteiger partial charge on any atom is 0.371 e. The van der Waals surface area contributed by atoms with Gasteiger partial charge in [0.25, 0.3) is 0 Å². The predicted molar refractivity (Wildman–Crippen MR) is 55.2 cm³/mol. The van der Waals surface area contributed by atoms with Crippen molar-refractivity contribution in [1.29, 1.82) is 0 Å². The van der Waals surface area contributed by atoms with Crippen molar-refractivity contribution in [2.75, 3.05) is 18.0 Å². The van der Waals surface area contributed by atoms with Crippen LogP contribution in [0.25, 0.3) is 0 Å². The summed E-state index contributed by atoms with van der Waals surface area (Å²) in [4.78, 5) is 23.4. The molecule has 2 heterocycles. The number of furan rings is 1. The number of nitrogens with two attached hydrogens (primary N) is 1. The van der Waals surface area contributed by atoms with Crippen LogP contribution < -0.4 is 10.6 Å². The van der Waals surface area contributed by atoms with Crippen molar-refractivity contribution in [3.63, 3.8) is 0 Å². The van der Waals surface area contributed by atoms with Crippen LogP contribution in [0.2, 0.25) is 0 Å². The van der Waals surface area contributed by atoms with Crippen molar-refractivity contribution in [2.24, 2.45) is 11.7 Å². The van der Waals surface area contributed by atoms with Crippen LogP contribution in [-0.2, 0) is 4.79 Å². The minimum absolute atomic E-state index is 0.0995. The second kappa shape index (κ2) is 3.88. The van der Waals surface area contributed by atoms with E-state index in [2.05, 4.69) is 0 Å². The number of carbonyl (C=O) groups excluding carboxylic acids is 1. The van der Waals surface area contributed by atoms with E-state index in [-0.39, 0.29) is 17.6 Å². The zero-order chi connectivity index (χ0) is 11.7. The first kappa shape index (κ1) is 10.5. The third-order valence-electron chi connectivity index (χ3n) is 2.70. The van der Waals surface area contributed by atoms with Gasteiger partial charge in [0.2, 0.25) is 11.7 Å². The molecule has 1 aliphatic rings. The molecule has 1 fully saturated rings. The van der Waals surface area contributed by atoms with Crippen molar-refractivity contribution in [3.05, 3.63) is 17.9 Å². The highest BCUT2D eigenvalue weighted by Gasteiger charge is 2.28. The molecule has 16 heavy (non-hydrogen) atoms. The van der Waals surface area contributed by atoms with Gasteiger partial charge in [-0.1, -0.05) is 0 Å². The van der Waals surface area contributed by atoms with Gasteiger partial charge in [0.1, 0.15) is 0 Å². The molecule has 2 rings (SSSR count). The summed E-state index contributed by atoms with van der Waals surface area (Å²) in [5.41, 5.74) is 5.20. The standard InChI is InChI=1S/C10H12N2O4/c11-9(13)6-3-4-12(5-6)8-2-1-7(16-8)10(14)15/h1-2,6H,3-5H2,(H2,11,13)(H,14,15). The van der Waals surface area contributed by atoms with Crippen LogP contribution in [0.4, 0.5) is 5.88 Å². The molecule has 1 aromatic rings. The third-order valence-corrected chi connectivity index (χ3v) is 2.70. The van der Waals surface area contributed by atoms with Gasteiger partial charge in [0.05, 0.1) is 5.92 Å². The number of hydrogen-bond donors (Lipinski definition) is 2. The maximum absolute atomic E-state index is 11.0. The molecule has 1 amide bonds. The molecule has 1 atom stereocenters. The predicted octanol–water partition coefficient (Wildman–Crippen LogP) is 0.289. The SMILES string of the molecule is NC(=O)C1CCN(c2ccc(C(=O)O)o2)C1. The molecule has 0 aliphatic carbocycles. The first-order valence-electron chi connectivity index (χ1n) is 4.95. The van der Waals surface area contributed by atoms with E-state index in [1.807, 2.05) is 4.90 Å². The van der Waals surface area contributed by atoms with Crippen molar-refractivity contribution in [2.45, 2.75) is 6.42 Å². The number of aromatic carboxylic acids is 1. The van der Waals surface area contributed by atoms with E-state index in [0.29, 0.717) is 25.4 Å². The van der Waals surface area contributed by atoms with E-state index in [9.17, 15) is 9.59 Å². The van der Waals surface area contributed by atoms with Gasteiger partial charge in [0, 0.05) is 19.2 Å². The molecule has 0 spiro atoms. The first-order chi connectivity index (χ1) is 7.58. The Bertz CT molecular complexity index is 426. The normalized spacial score (nSPS) is 20.0. The Morgan fingerprint density at radius 3 is 2.75 bits per heavy atom. The van der Waals surface area contributed by atoms with Gasteiger partial charge in [-0.05, 0) is 12.5 Å². The highest BCUT2D eigenvalue weighted by atomic mass is 16.4. The lowest BCUT2D eigenvalue weighted by Gasteiger charge is -2.13. The lowest BCUT2D eigenvalue weighted by molar-refractivity contribution is -0.121. The van der Waals surface area contributed by atoms with E-state index in [0.717, 1.165) is 0 Å². The molecule has 1 aliphatic heterocycles. The average molecular weight is 224 g/mol. The summed E-state index contributed by atoms with van der Waals surface area (Å²) in [6.07, 6.45) is 0.679. The monoisotopic (exact) mass is 224 g/mol. The lowest BCUT2D eigenvalue weighted by Crippen LogP contribution is -2.27. The molecule has 0 bridgehead atoms. The Morgan fingerprint density at radius 2 is 2.25 bits per heavy atom. The number of primary amides is 1. The summed E-state index contributed by atoms with van der Waals surface area (Å²) in [5.74, 6) is -1.23. The molecule has 86 valence electrons. The van der Waals surface area contributed by atoms with Crippen molar-refractivity contribution < 1.29 is 19.1 Å². The summed E-state index contributed by atoms with van der Waals surface area (Å²) in [6.45, 7) is 1.14. The maximum atomic E-state index is 11.0.